The molecule has 0 aliphatic rings. The molecule has 0 unspecified atom stereocenters. The molecule has 0 saturated heterocycles. The summed E-state index contributed by atoms with van der Waals surface area (Å²) in [4.78, 5) is 29.1. The van der Waals surface area contributed by atoms with Gasteiger partial charge in [0, 0.05) is 18.2 Å². The zero-order chi connectivity index (χ0) is 24.8. The molecule has 0 aliphatic heterocycles. The van der Waals surface area contributed by atoms with Gasteiger partial charge >= 0.3 is 5.97 Å². The maximum atomic E-state index is 13.5. The van der Waals surface area contributed by atoms with Gasteiger partial charge in [-0.05, 0) is 49.2 Å². The quantitative estimate of drug-likeness (QED) is 0.484. The van der Waals surface area contributed by atoms with E-state index >= 15 is 0 Å². The number of nitrogens with one attached hydrogen (secondary N) is 1. The van der Waals surface area contributed by atoms with Crippen molar-refractivity contribution in [1.29, 1.82) is 0 Å². The van der Waals surface area contributed by atoms with Crippen molar-refractivity contribution in [2.75, 3.05) is 7.11 Å². The summed E-state index contributed by atoms with van der Waals surface area (Å²) in [5.74, 6) is -3.28. The van der Waals surface area contributed by atoms with E-state index in [1.807, 2.05) is 0 Å². The van der Waals surface area contributed by atoms with Crippen LogP contribution in [0.4, 0.5) is 8.78 Å². The molecule has 1 heterocycles. The molecule has 0 fully saturated rings. The third-order valence-corrected chi connectivity index (χ3v) is 5.25. The van der Waals surface area contributed by atoms with E-state index < -0.39 is 47.3 Å². The molecular weight excluding hydrogens is 446 g/mol. The van der Waals surface area contributed by atoms with Crippen LogP contribution in [0.25, 0.3) is 0 Å². The fourth-order valence-electron chi connectivity index (χ4n) is 3.52. The minimum absolute atomic E-state index is 0.0606. The summed E-state index contributed by atoms with van der Waals surface area (Å²) in [5.41, 5.74) is 1.02. The number of ether oxygens (including phenoxy) is 2. The number of pyridine rings is 1. The molecule has 0 aliphatic carbocycles. The van der Waals surface area contributed by atoms with Crippen LogP contribution < -0.4 is 10.1 Å². The highest BCUT2D eigenvalue weighted by molar-refractivity contribution is 5.97. The van der Waals surface area contributed by atoms with Gasteiger partial charge in [0.1, 0.15) is 23.8 Å². The Kier molecular flexibility index (Phi) is 7.78. The summed E-state index contributed by atoms with van der Waals surface area (Å²) in [6.07, 6.45) is 0.542. The number of amides is 1. The minimum Gasteiger partial charge on any atom is -0.503 e. The number of aromatic nitrogens is 1. The van der Waals surface area contributed by atoms with Crippen LogP contribution in [0.15, 0.2) is 60.8 Å². The lowest BCUT2D eigenvalue weighted by atomic mass is 9.87. The standard InChI is InChI=1S/C25H24F2N2O5/c1-14(29-24(31)22-23(30)20(33-3)12-13-28-22)25(32)34-15(2)21(16-4-8-18(26)9-5-16)17-6-10-19(27)11-7-17/h4-15,21,30H,1-3H3,(H,29,31)/t14-,15-/m1/s1. The smallest absolute Gasteiger partial charge is 0.328 e. The predicted octanol–water partition coefficient (Wildman–Crippen LogP) is 3.96. The zero-order valence-corrected chi connectivity index (χ0v) is 18.8. The molecular formula is C25H24F2N2O5. The van der Waals surface area contributed by atoms with Gasteiger partial charge in [-0.2, -0.15) is 0 Å². The Morgan fingerprint density at radius 3 is 1.97 bits per heavy atom. The predicted molar refractivity (Wildman–Crippen MR) is 120 cm³/mol. The number of carbonyl (C=O) groups is 2. The number of halogens is 2. The number of hydrogen-bond acceptors (Lipinski definition) is 6. The lowest BCUT2D eigenvalue weighted by Gasteiger charge is -2.26. The Morgan fingerprint density at radius 1 is 0.941 bits per heavy atom. The van der Waals surface area contributed by atoms with Crippen LogP contribution in [0.3, 0.4) is 0 Å². The minimum atomic E-state index is -1.08. The fourth-order valence-corrected chi connectivity index (χ4v) is 3.52. The lowest BCUT2D eigenvalue weighted by Crippen LogP contribution is -2.41. The molecule has 1 amide bonds. The average molecular weight is 470 g/mol. The highest BCUT2D eigenvalue weighted by atomic mass is 19.1. The highest BCUT2D eigenvalue weighted by Crippen LogP contribution is 2.31. The van der Waals surface area contributed by atoms with Crippen molar-refractivity contribution in [3.63, 3.8) is 0 Å². The van der Waals surface area contributed by atoms with Gasteiger partial charge in [0.05, 0.1) is 7.11 Å². The summed E-state index contributed by atoms with van der Waals surface area (Å²) in [6, 6.07) is 11.7. The molecule has 2 N–H and O–H groups in total. The van der Waals surface area contributed by atoms with Crippen LogP contribution in [-0.2, 0) is 9.53 Å². The van der Waals surface area contributed by atoms with Crippen molar-refractivity contribution in [2.45, 2.75) is 31.9 Å². The zero-order valence-electron chi connectivity index (χ0n) is 18.8. The second-order valence-corrected chi connectivity index (χ2v) is 7.63. The molecule has 1 aromatic heterocycles. The first-order valence-corrected chi connectivity index (χ1v) is 10.5. The van der Waals surface area contributed by atoms with E-state index in [0.717, 1.165) is 0 Å². The molecule has 2 aromatic carbocycles. The molecule has 0 spiro atoms. The molecule has 34 heavy (non-hydrogen) atoms. The third kappa shape index (κ3) is 5.67. The van der Waals surface area contributed by atoms with Crippen LogP contribution >= 0.6 is 0 Å². The highest BCUT2D eigenvalue weighted by Gasteiger charge is 2.28. The molecule has 3 rings (SSSR count). The SMILES string of the molecule is COc1ccnc(C(=O)N[C@H](C)C(=O)O[C@H](C)C(c2ccc(F)cc2)c2ccc(F)cc2)c1O. The largest absolute Gasteiger partial charge is 0.503 e. The van der Waals surface area contributed by atoms with Crippen LogP contribution in [0.1, 0.15) is 41.4 Å². The topological polar surface area (TPSA) is 97.8 Å². The Bertz CT molecular complexity index is 1110. The first kappa shape index (κ1) is 24.6. The van der Waals surface area contributed by atoms with Crippen molar-refractivity contribution >= 4 is 11.9 Å². The summed E-state index contributed by atoms with van der Waals surface area (Å²) < 4.78 is 37.5. The van der Waals surface area contributed by atoms with Crippen LogP contribution in [0.5, 0.6) is 11.5 Å². The van der Waals surface area contributed by atoms with E-state index in [2.05, 4.69) is 10.3 Å². The monoisotopic (exact) mass is 470 g/mol. The number of aromatic hydroxyl groups is 1. The van der Waals surface area contributed by atoms with Gasteiger partial charge < -0.3 is 19.9 Å². The molecule has 2 atom stereocenters. The van der Waals surface area contributed by atoms with Gasteiger partial charge in [0.25, 0.3) is 5.91 Å². The number of carbonyl (C=O) groups excluding carboxylic acids is 2. The van der Waals surface area contributed by atoms with Gasteiger partial charge in [-0.15, -0.1) is 0 Å². The molecule has 178 valence electrons. The summed E-state index contributed by atoms with van der Waals surface area (Å²) in [6.45, 7) is 3.08. The Balaban J connectivity index is 1.76. The first-order chi connectivity index (χ1) is 16.2. The van der Waals surface area contributed by atoms with E-state index in [1.165, 1.54) is 50.6 Å². The molecule has 0 saturated carbocycles. The van der Waals surface area contributed by atoms with Crippen LogP contribution in [-0.4, -0.2) is 41.2 Å². The Morgan fingerprint density at radius 2 is 1.47 bits per heavy atom. The van der Waals surface area contributed by atoms with Gasteiger partial charge in [-0.1, -0.05) is 24.3 Å². The number of benzene rings is 2. The van der Waals surface area contributed by atoms with E-state index in [0.29, 0.717) is 11.1 Å². The van der Waals surface area contributed by atoms with E-state index in [9.17, 15) is 23.5 Å². The van der Waals surface area contributed by atoms with Crippen LogP contribution in [0, 0.1) is 11.6 Å². The van der Waals surface area contributed by atoms with Crippen molar-refractivity contribution in [3.05, 3.63) is 89.2 Å². The summed E-state index contributed by atoms with van der Waals surface area (Å²) in [5, 5.41) is 12.5. The number of hydrogen-bond donors (Lipinski definition) is 2. The van der Waals surface area contributed by atoms with E-state index in [-0.39, 0.29) is 11.4 Å². The molecule has 0 radical (unpaired) electrons. The van der Waals surface area contributed by atoms with Crippen LogP contribution in [0.2, 0.25) is 0 Å². The second kappa shape index (κ2) is 10.7. The Labute approximate surface area is 195 Å². The van der Waals surface area contributed by atoms with Gasteiger partial charge in [0.15, 0.2) is 17.2 Å². The fraction of sp³-hybridized carbons (Fsp3) is 0.240. The lowest BCUT2D eigenvalue weighted by molar-refractivity contribution is -0.150. The summed E-state index contributed by atoms with van der Waals surface area (Å²) >= 11 is 0. The third-order valence-electron chi connectivity index (χ3n) is 5.25. The van der Waals surface area contributed by atoms with Gasteiger partial charge in [0.2, 0.25) is 0 Å². The molecule has 0 bridgehead atoms. The molecule has 3 aromatic rings. The number of esters is 1. The van der Waals surface area contributed by atoms with Crippen molar-refractivity contribution < 1.29 is 33.0 Å². The average Bonchev–Trinajstić information content (AvgIpc) is 2.81. The second-order valence-electron chi connectivity index (χ2n) is 7.63. The van der Waals surface area contributed by atoms with Crippen molar-refractivity contribution in [2.24, 2.45) is 0 Å². The molecule has 7 nitrogen and oxygen atoms in total. The van der Waals surface area contributed by atoms with Gasteiger partial charge in [-0.3, -0.25) is 4.79 Å². The van der Waals surface area contributed by atoms with Gasteiger partial charge in [-0.25, -0.2) is 18.6 Å². The van der Waals surface area contributed by atoms with Crippen molar-refractivity contribution in [1.82, 2.24) is 10.3 Å². The maximum absolute atomic E-state index is 13.5. The molecule has 9 heteroatoms. The van der Waals surface area contributed by atoms with Crippen molar-refractivity contribution in [3.8, 4) is 11.5 Å². The Hall–Kier alpha value is -4.01. The summed E-state index contributed by atoms with van der Waals surface area (Å²) in [7, 11) is 1.33. The van der Waals surface area contributed by atoms with E-state index in [1.54, 1.807) is 31.2 Å². The normalized spacial score (nSPS) is 12.6. The first-order valence-electron chi connectivity index (χ1n) is 10.5. The number of methoxy groups -OCH3 is 1. The number of rotatable bonds is 8. The number of nitrogens with zero attached hydrogens (tertiary/aromatic N) is 1. The maximum Gasteiger partial charge on any atom is 0.328 e. The van der Waals surface area contributed by atoms with E-state index in [4.69, 9.17) is 9.47 Å².